The van der Waals surface area contributed by atoms with Crippen LogP contribution < -0.4 is 16.0 Å². The molecule has 0 aliphatic carbocycles. The van der Waals surface area contributed by atoms with Gasteiger partial charge in [-0.05, 0) is 30.5 Å². The van der Waals surface area contributed by atoms with Crippen molar-refractivity contribution in [3.05, 3.63) is 50.7 Å². The summed E-state index contributed by atoms with van der Waals surface area (Å²) in [5.74, 6) is 0.652. The molecule has 0 aliphatic rings. The van der Waals surface area contributed by atoms with Crippen molar-refractivity contribution in [1.82, 2.24) is 10.6 Å². The van der Waals surface area contributed by atoms with E-state index in [1.165, 1.54) is 12.1 Å². The second-order valence-electron chi connectivity index (χ2n) is 5.84. The van der Waals surface area contributed by atoms with Crippen LogP contribution in [0.3, 0.4) is 0 Å². The molecule has 2 rings (SSSR count). The normalized spacial score (nSPS) is 11.9. The van der Waals surface area contributed by atoms with Gasteiger partial charge in [-0.3, -0.25) is 10.1 Å². The summed E-state index contributed by atoms with van der Waals surface area (Å²) in [5, 5.41) is 22.5. The summed E-state index contributed by atoms with van der Waals surface area (Å²) in [6, 6.07) is 7.81. The molecule has 0 radical (unpaired) electrons. The predicted octanol–water partition coefficient (Wildman–Crippen LogP) is 2.23. The number of nitrogens with one attached hydrogen (secondary N) is 3. The molecule has 0 unspecified atom stereocenters. The monoisotopic (exact) mass is 425 g/mol. The molecule has 0 amide bonds. The molecule has 0 aliphatic heterocycles. The smallest absolute Gasteiger partial charge is 0.293 e. The predicted molar refractivity (Wildman–Crippen MR) is 112 cm³/mol. The lowest BCUT2D eigenvalue weighted by atomic mass is 10.2. The summed E-state index contributed by atoms with van der Waals surface area (Å²) in [6.45, 7) is 4.11. The molecule has 28 heavy (non-hydrogen) atoms. The minimum atomic E-state index is -3.51. The molecule has 0 spiro atoms. The number of hydrogen-bond donors (Lipinski definition) is 3. The molecule has 2 aromatic rings. The Hall–Kier alpha value is -2.66. The van der Waals surface area contributed by atoms with Gasteiger partial charge in [0.25, 0.3) is 5.69 Å². The highest BCUT2D eigenvalue weighted by Gasteiger charge is 2.18. The Labute approximate surface area is 168 Å². The van der Waals surface area contributed by atoms with Crippen LogP contribution in [0.1, 0.15) is 11.8 Å². The van der Waals surface area contributed by atoms with E-state index in [-0.39, 0.29) is 16.3 Å². The van der Waals surface area contributed by atoms with Crippen molar-refractivity contribution in [3.8, 4) is 0 Å². The topological polar surface area (TPSA) is 126 Å². The van der Waals surface area contributed by atoms with Crippen molar-refractivity contribution < 1.29 is 13.3 Å². The first-order chi connectivity index (χ1) is 13.3. The summed E-state index contributed by atoms with van der Waals surface area (Å²) in [6.07, 6.45) is 1.01. The van der Waals surface area contributed by atoms with Crippen LogP contribution in [0.5, 0.6) is 0 Å². The van der Waals surface area contributed by atoms with Gasteiger partial charge in [-0.1, -0.05) is 6.07 Å². The molecule has 9 nitrogen and oxygen atoms in total. The second kappa shape index (κ2) is 10.0. The van der Waals surface area contributed by atoms with Crippen LogP contribution in [-0.2, 0) is 16.4 Å². The van der Waals surface area contributed by atoms with E-state index in [0.717, 1.165) is 17.2 Å². The molecule has 0 saturated heterocycles. The molecule has 152 valence electrons. The van der Waals surface area contributed by atoms with Crippen molar-refractivity contribution in [2.24, 2.45) is 4.99 Å². The molecule has 0 fully saturated rings. The highest BCUT2D eigenvalue weighted by molar-refractivity contribution is 7.90. The van der Waals surface area contributed by atoms with E-state index in [1.807, 2.05) is 24.4 Å². The number of benzene rings is 1. The molecule has 0 saturated carbocycles. The van der Waals surface area contributed by atoms with Crippen molar-refractivity contribution in [2.75, 3.05) is 31.2 Å². The number of hydrogen-bond acceptors (Lipinski definition) is 7. The molecule has 0 bridgehead atoms. The summed E-state index contributed by atoms with van der Waals surface area (Å²) in [7, 11) is -3.51. The standard InChI is InChI=1S/C17H23N5O4S2/c1-3-18-17(21-12-13-5-4-10-27-13)20-9-8-19-15-7-6-14(28(2,25)26)11-16(15)22(23)24/h4-7,10-11,19H,3,8-9,12H2,1-2H3,(H2,18,20,21). The van der Waals surface area contributed by atoms with Gasteiger partial charge in [0.1, 0.15) is 5.69 Å². The highest BCUT2D eigenvalue weighted by atomic mass is 32.2. The number of thiophene rings is 1. The van der Waals surface area contributed by atoms with E-state index < -0.39 is 14.8 Å². The van der Waals surface area contributed by atoms with Crippen LogP contribution in [0.25, 0.3) is 0 Å². The summed E-state index contributed by atoms with van der Waals surface area (Å²) in [5.41, 5.74) is -0.0130. The van der Waals surface area contributed by atoms with Crippen LogP contribution in [0, 0.1) is 10.1 Å². The summed E-state index contributed by atoms with van der Waals surface area (Å²) in [4.78, 5) is 16.2. The average molecular weight is 426 g/mol. The number of aliphatic imine (C=N–C) groups is 1. The maximum Gasteiger partial charge on any atom is 0.293 e. The quantitative estimate of drug-likeness (QED) is 0.185. The molecule has 0 atom stereocenters. The molecule has 1 aromatic heterocycles. The Balaban J connectivity index is 1.95. The largest absolute Gasteiger partial charge is 0.378 e. The number of nitro groups is 1. The van der Waals surface area contributed by atoms with Gasteiger partial charge in [-0.2, -0.15) is 0 Å². The maximum atomic E-state index is 11.6. The molecule has 3 N–H and O–H groups in total. The van der Waals surface area contributed by atoms with Gasteiger partial charge < -0.3 is 16.0 Å². The Bertz CT molecular complexity index is 927. The third-order valence-electron chi connectivity index (χ3n) is 3.64. The number of sulfone groups is 1. The second-order valence-corrected chi connectivity index (χ2v) is 8.88. The Morgan fingerprint density at radius 1 is 1.25 bits per heavy atom. The van der Waals surface area contributed by atoms with Crippen molar-refractivity contribution in [2.45, 2.75) is 18.4 Å². The van der Waals surface area contributed by atoms with Gasteiger partial charge in [-0.15, -0.1) is 11.3 Å². The molecule has 1 heterocycles. The molecular formula is C17H23N5O4S2. The number of nitro benzene ring substituents is 1. The first kappa shape index (κ1) is 21.6. The lowest BCUT2D eigenvalue weighted by molar-refractivity contribution is -0.384. The fourth-order valence-electron chi connectivity index (χ4n) is 2.32. The highest BCUT2D eigenvalue weighted by Crippen LogP contribution is 2.27. The van der Waals surface area contributed by atoms with Crippen LogP contribution >= 0.6 is 11.3 Å². The number of nitrogens with zero attached hydrogens (tertiary/aromatic N) is 2. The molecular weight excluding hydrogens is 402 g/mol. The minimum Gasteiger partial charge on any atom is -0.378 e. The molecule has 11 heteroatoms. The van der Waals surface area contributed by atoms with E-state index in [0.29, 0.717) is 32.1 Å². The van der Waals surface area contributed by atoms with Crippen LogP contribution in [-0.4, -0.2) is 45.2 Å². The van der Waals surface area contributed by atoms with E-state index >= 15 is 0 Å². The van der Waals surface area contributed by atoms with Crippen LogP contribution in [0.4, 0.5) is 11.4 Å². The number of rotatable bonds is 9. The zero-order valence-corrected chi connectivity index (χ0v) is 17.3. The third kappa shape index (κ3) is 6.50. The number of anilines is 1. The zero-order valence-electron chi connectivity index (χ0n) is 15.6. The SMILES string of the molecule is CCNC(=NCc1cccs1)NCCNc1ccc(S(C)(=O)=O)cc1[N+](=O)[O-]. The Morgan fingerprint density at radius 3 is 2.64 bits per heavy atom. The third-order valence-corrected chi connectivity index (χ3v) is 5.62. The lowest BCUT2D eigenvalue weighted by Crippen LogP contribution is -2.39. The fraction of sp³-hybridized carbons (Fsp3) is 0.353. The van der Waals surface area contributed by atoms with Gasteiger partial charge in [0.15, 0.2) is 15.8 Å². The Kier molecular flexibility index (Phi) is 7.76. The van der Waals surface area contributed by atoms with E-state index in [9.17, 15) is 18.5 Å². The van der Waals surface area contributed by atoms with Gasteiger partial charge >= 0.3 is 0 Å². The summed E-state index contributed by atoms with van der Waals surface area (Å²) < 4.78 is 23.2. The van der Waals surface area contributed by atoms with E-state index in [4.69, 9.17) is 0 Å². The summed E-state index contributed by atoms with van der Waals surface area (Å²) >= 11 is 1.63. The van der Waals surface area contributed by atoms with Gasteiger partial charge in [0, 0.05) is 36.8 Å². The van der Waals surface area contributed by atoms with Crippen molar-refractivity contribution in [1.29, 1.82) is 0 Å². The number of guanidine groups is 1. The van der Waals surface area contributed by atoms with Gasteiger partial charge in [0.05, 0.1) is 16.4 Å². The zero-order chi connectivity index (χ0) is 20.6. The first-order valence-electron chi connectivity index (χ1n) is 8.58. The molecule has 1 aromatic carbocycles. The lowest BCUT2D eigenvalue weighted by Gasteiger charge is -2.12. The van der Waals surface area contributed by atoms with Crippen LogP contribution in [0.15, 0.2) is 45.6 Å². The first-order valence-corrected chi connectivity index (χ1v) is 11.3. The van der Waals surface area contributed by atoms with Crippen LogP contribution in [0.2, 0.25) is 0 Å². The average Bonchev–Trinajstić information content (AvgIpc) is 3.15. The van der Waals surface area contributed by atoms with Gasteiger partial charge in [-0.25, -0.2) is 13.4 Å². The van der Waals surface area contributed by atoms with Crippen molar-refractivity contribution >= 4 is 38.5 Å². The van der Waals surface area contributed by atoms with E-state index in [1.54, 1.807) is 11.3 Å². The Morgan fingerprint density at radius 2 is 2.04 bits per heavy atom. The van der Waals surface area contributed by atoms with E-state index in [2.05, 4.69) is 20.9 Å². The van der Waals surface area contributed by atoms with Crippen molar-refractivity contribution in [3.63, 3.8) is 0 Å². The van der Waals surface area contributed by atoms with Gasteiger partial charge in [0.2, 0.25) is 0 Å². The minimum absolute atomic E-state index is 0.0852. The fourth-order valence-corrected chi connectivity index (χ4v) is 3.59. The maximum absolute atomic E-state index is 11.6.